The number of carbonyl (C=O) groups is 1. The highest BCUT2D eigenvalue weighted by atomic mass is 16.8. The third kappa shape index (κ3) is 2.85. The maximum Gasteiger partial charge on any atom is 0.508 e. The fourth-order valence-electron chi connectivity index (χ4n) is 1.39. The van der Waals surface area contributed by atoms with Gasteiger partial charge in [-0.3, -0.25) is 0 Å². The van der Waals surface area contributed by atoms with Gasteiger partial charge in [-0.2, -0.15) is 0 Å². The van der Waals surface area contributed by atoms with Gasteiger partial charge in [0.1, 0.15) is 12.7 Å². The summed E-state index contributed by atoms with van der Waals surface area (Å²) in [5, 5.41) is 0. The Morgan fingerprint density at radius 2 is 2.07 bits per heavy atom. The third-order valence-electron chi connectivity index (χ3n) is 1.96. The molecule has 82 valence electrons. The highest BCUT2D eigenvalue weighted by Crippen LogP contribution is 2.27. The van der Waals surface area contributed by atoms with Crippen molar-refractivity contribution in [2.24, 2.45) is 0 Å². The Bertz CT molecular complexity index is 213. The molecule has 1 saturated heterocycles. The topological polar surface area (TPSA) is 54.0 Å². The van der Waals surface area contributed by atoms with Gasteiger partial charge in [0.2, 0.25) is 0 Å². The molecule has 0 saturated carbocycles. The number of hydrogen-bond acceptors (Lipinski definition) is 5. The molecule has 2 atom stereocenters. The first-order valence-electron chi connectivity index (χ1n) is 4.51. The van der Waals surface area contributed by atoms with Gasteiger partial charge in [-0.1, -0.05) is 0 Å². The fraction of sp³-hybridized carbons (Fsp3) is 0.889. The van der Waals surface area contributed by atoms with Crippen LogP contribution in [0.15, 0.2) is 0 Å². The van der Waals surface area contributed by atoms with Crippen LogP contribution in [0, 0.1) is 0 Å². The lowest BCUT2D eigenvalue weighted by molar-refractivity contribution is -0.148. The second kappa shape index (κ2) is 4.14. The molecule has 0 aliphatic carbocycles. The minimum absolute atomic E-state index is 0.0883. The Morgan fingerprint density at radius 3 is 2.50 bits per heavy atom. The Labute approximate surface area is 83.3 Å². The van der Waals surface area contributed by atoms with E-state index in [1.165, 1.54) is 7.11 Å². The van der Waals surface area contributed by atoms with E-state index in [9.17, 15) is 4.79 Å². The van der Waals surface area contributed by atoms with E-state index in [1.54, 1.807) is 0 Å². The van der Waals surface area contributed by atoms with Crippen LogP contribution in [0.5, 0.6) is 0 Å². The van der Waals surface area contributed by atoms with Gasteiger partial charge in [-0.15, -0.1) is 0 Å². The Hall–Kier alpha value is -0.810. The average molecular weight is 204 g/mol. The van der Waals surface area contributed by atoms with E-state index in [4.69, 9.17) is 14.2 Å². The molecule has 1 aliphatic heterocycles. The van der Waals surface area contributed by atoms with Gasteiger partial charge in [-0.25, -0.2) is 4.79 Å². The van der Waals surface area contributed by atoms with Crippen molar-refractivity contribution in [2.45, 2.75) is 38.8 Å². The van der Waals surface area contributed by atoms with Gasteiger partial charge < -0.3 is 18.9 Å². The molecule has 1 fully saturated rings. The summed E-state index contributed by atoms with van der Waals surface area (Å²) >= 11 is 0. The lowest BCUT2D eigenvalue weighted by Gasteiger charge is -2.16. The summed E-state index contributed by atoms with van der Waals surface area (Å²) in [7, 11) is 1.27. The van der Waals surface area contributed by atoms with Crippen LogP contribution in [0.25, 0.3) is 0 Å². The quantitative estimate of drug-likeness (QED) is 0.635. The number of rotatable bonds is 2. The molecule has 0 unspecified atom stereocenters. The van der Waals surface area contributed by atoms with Crippen LogP contribution in [0.4, 0.5) is 4.79 Å². The maximum absolute atomic E-state index is 10.7. The standard InChI is InChI=1S/C9H16O5/c1-6-7(5-12-8(10)11-4)14-9(2,3)13-6/h6-7H,5H2,1-4H3/t6-,7+/m1/s1. The first kappa shape index (κ1) is 11.3. The van der Waals surface area contributed by atoms with Crippen molar-refractivity contribution in [1.29, 1.82) is 0 Å². The molecule has 1 rings (SSSR count). The molecule has 0 spiro atoms. The van der Waals surface area contributed by atoms with Crippen molar-refractivity contribution >= 4 is 6.16 Å². The molecular weight excluding hydrogens is 188 g/mol. The SMILES string of the molecule is COC(=O)OC[C@@H]1OC(C)(C)O[C@@H]1C. The van der Waals surface area contributed by atoms with E-state index < -0.39 is 11.9 Å². The second-order valence-electron chi connectivity index (χ2n) is 3.64. The van der Waals surface area contributed by atoms with E-state index in [2.05, 4.69) is 4.74 Å². The summed E-state index contributed by atoms with van der Waals surface area (Å²) in [6.45, 7) is 5.67. The van der Waals surface area contributed by atoms with Crippen LogP contribution < -0.4 is 0 Å². The van der Waals surface area contributed by atoms with Crippen LogP contribution in [0.3, 0.4) is 0 Å². The molecule has 5 nitrogen and oxygen atoms in total. The molecule has 0 bridgehead atoms. The zero-order valence-corrected chi connectivity index (χ0v) is 8.90. The molecule has 0 N–H and O–H groups in total. The molecule has 1 aliphatic rings. The second-order valence-corrected chi connectivity index (χ2v) is 3.64. The highest BCUT2D eigenvalue weighted by molar-refractivity contribution is 5.59. The van der Waals surface area contributed by atoms with Gasteiger partial charge >= 0.3 is 6.16 Å². The normalized spacial score (nSPS) is 30.0. The zero-order chi connectivity index (χ0) is 10.8. The van der Waals surface area contributed by atoms with Crippen molar-refractivity contribution in [3.8, 4) is 0 Å². The summed E-state index contributed by atoms with van der Waals surface area (Å²) in [5.74, 6) is -0.608. The number of ether oxygens (including phenoxy) is 4. The molecule has 0 aromatic carbocycles. The fourth-order valence-corrected chi connectivity index (χ4v) is 1.39. The molecule has 1 heterocycles. The van der Waals surface area contributed by atoms with Crippen molar-refractivity contribution < 1.29 is 23.7 Å². The molecule has 14 heavy (non-hydrogen) atoms. The van der Waals surface area contributed by atoms with Crippen LogP contribution in [0.1, 0.15) is 20.8 Å². The van der Waals surface area contributed by atoms with Crippen molar-refractivity contribution in [3.63, 3.8) is 0 Å². The molecule has 5 heteroatoms. The van der Waals surface area contributed by atoms with Crippen molar-refractivity contribution in [3.05, 3.63) is 0 Å². The van der Waals surface area contributed by atoms with Crippen LogP contribution in [-0.4, -0.2) is 37.9 Å². The van der Waals surface area contributed by atoms with Crippen LogP contribution in [-0.2, 0) is 18.9 Å². The van der Waals surface area contributed by atoms with Gasteiger partial charge in [-0.05, 0) is 20.8 Å². The lowest BCUT2D eigenvalue weighted by Crippen LogP contribution is -2.27. The highest BCUT2D eigenvalue weighted by Gasteiger charge is 2.39. The summed E-state index contributed by atoms with van der Waals surface area (Å²) in [6.07, 6.45) is -1.02. The summed E-state index contributed by atoms with van der Waals surface area (Å²) in [5.41, 5.74) is 0. The molecular formula is C9H16O5. The minimum Gasteiger partial charge on any atom is -0.438 e. The first-order chi connectivity index (χ1) is 6.44. The van der Waals surface area contributed by atoms with E-state index in [-0.39, 0.29) is 18.8 Å². The number of hydrogen-bond donors (Lipinski definition) is 0. The third-order valence-corrected chi connectivity index (χ3v) is 1.96. The summed E-state index contributed by atoms with van der Waals surface area (Å²) in [6, 6.07) is 0. The van der Waals surface area contributed by atoms with Crippen LogP contribution in [0.2, 0.25) is 0 Å². The largest absolute Gasteiger partial charge is 0.508 e. The summed E-state index contributed by atoms with van der Waals surface area (Å²) < 4.78 is 20.1. The number of methoxy groups -OCH3 is 1. The van der Waals surface area contributed by atoms with Gasteiger partial charge in [0.15, 0.2) is 5.79 Å². The van der Waals surface area contributed by atoms with Gasteiger partial charge in [0.25, 0.3) is 0 Å². The van der Waals surface area contributed by atoms with Crippen molar-refractivity contribution in [2.75, 3.05) is 13.7 Å². The molecule has 0 radical (unpaired) electrons. The van der Waals surface area contributed by atoms with Gasteiger partial charge in [0, 0.05) is 0 Å². The van der Waals surface area contributed by atoms with E-state index in [0.29, 0.717) is 0 Å². The molecule has 0 aromatic heterocycles. The average Bonchev–Trinajstić information content (AvgIpc) is 2.35. The van der Waals surface area contributed by atoms with Gasteiger partial charge in [0.05, 0.1) is 13.2 Å². The van der Waals surface area contributed by atoms with E-state index in [0.717, 1.165) is 0 Å². The predicted octanol–water partition coefficient (Wildman–Crippen LogP) is 1.31. The predicted molar refractivity (Wildman–Crippen MR) is 47.9 cm³/mol. The first-order valence-corrected chi connectivity index (χ1v) is 4.51. The summed E-state index contributed by atoms with van der Waals surface area (Å²) in [4.78, 5) is 10.7. The Morgan fingerprint density at radius 1 is 1.43 bits per heavy atom. The zero-order valence-electron chi connectivity index (χ0n) is 8.90. The smallest absolute Gasteiger partial charge is 0.438 e. The maximum atomic E-state index is 10.7. The van der Waals surface area contributed by atoms with E-state index >= 15 is 0 Å². The van der Waals surface area contributed by atoms with Crippen LogP contribution >= 0.6 is 0 Å². The molecule has 0 amide bonds. The lowest BCUT2D eigenvalue weighted by atomic mass is 10.2. The number of carbonyl (C=O) groups excluding carboxylic acids is 1. The molecule has 0 aromatic rings. The Balaban J connectivity index is 2.36. The van der Waals surface area contributed by atoms with E-state index in [1.807, 2.05) is 20.8 Å². The minimum atomic E-state index is -0.703. The Kier molecular flexibility index (Phi) is 3.34. The monoisotopic (exact) mass is 204 g/mol. The van der Waals surface area contributed by atoms with Crippen molar-refractivity contribution in [1.82, 2.24) is 0 Å².